The summed E-state index contributed by atoms with van der Waals surface area (Å²) in [4.78, 5) is 26.3. The summed E-state index contributed by atoms with van der Waals surface area (Å²) in [6.45, 7) is 0. The van der Waals surface area contributed by atoms with Crippen molar-refractivity contribution in [2.75, 3.05) is 0 Å². The van der Waals surface area contributed by atoms with E-state index in [1.807, 2.05) is 0 Å². The maximum Gasteiger partial charge on any atom is 0.429 e. The van der Waals surface area contributed by atoms with Crippen LogP contribution in [0, 0.1) is 42.0 Å². The second-order valence-corrected chi connectivity index (χ2v) is 2.79. The molecule has 0 aromatic heterocycles. The van der Waals surface area contributed by atoms with E-state index in [-0.39, 0.29) is 0 Å². The van der Waals surface area contributed by atoms with Crippen LogP contribution in [0.1, 0.15) is 0 Å². The molecule has 0 atom stereocenters. The van der Waals surface area contributed by atoms with E-state index in [1.54, 1.807) is 0 Å². The lowest BCUT2D eigenvalue weighted by molar-refractivity contribution is -0.442. The first-order chi connectivity index (χ1) is 8.20. The lowest BCUT2D eigenvalue weighted by Gasteiger charge is -2.01. The van der Waals surface area contributed by atoms with Crippen LogP contribution >= 0.6 is 0 Å². The highest BCUT2D eigenvalue weighted by molar-refractivity contribution is 5.72. The molecule has 0 aliphatic carbocycles. The average Bonchev–Trinajstić information content (AvgIpc) is 2.23. The first-order valence-corrected chi connectivity index (χ1v) is 3.87. The third kappa shape index (κ3) is 1.74. The zero-order chi connectivity index (χ0) is 14.2. The van der Waals surface area contributed by atoms with Crippen molar-refractivity contribution in [2.45, 2.75) is 0 Å². The normalized spacial score (nSPS) is 10.1. The summed E-state index contributed by atoms with van der Waals surface area (Å²) in [5.41, 5.74) is -5.84. The second-order valence-electron chi connectivity index (χ2n) is 2.79. The van der Waals surface area contributed by atoms with Gasteiger partial charge < -0.3 is 5.11 Å². The number of aromatic hydroxyl groups is 1. The molecule has 0 saturated heterocycles. The van der Waals surface area contributed by atoms with E-state index in [1.165, 1.54) is 0 Å². The van der Waals surface area contributed by atoms with Crippen LogP contribution < -0.4 is 0 Å². The van der Waals surface area contributed by atoms with Gasteiger partial charge in [-0.2, -0.15) is 8.78 Å². The number of nitro benzene ring substituents is 3. The van der Waals surface area contributed by atoms with Gasteiger partial charge in [-0.25, -0.2) is 0 Å². The van der Waals surface area contributed by atoms with E-state index >= 15 is 0 Å². The summed E-state index contributed by atoms with van der Waals surface area (Å²) in [6.07, 6.45) is 0. The Morgan fingerprint density at radius 1 is 0.778 bits per heavy atom. The zero-order valence-corrected chi connectivity index (χ0v) is 7.99. The van der Waals surface area contributed by atoms with Crippen molar-refractivity contribution < 1.29 is 28.7 Å². The summed E-state index contributed by atoms with van der Waals surface area (Å²) in [5.74, 6) is -6.64. The monoisotopic (exact) mass is 265 g/mol. The molecule has 96 valence electrons. The van der Waals surface area contributed by atoms with E-state index in [0.29, 0.717) is 0 Å². The van der Waals surface area contributed by atoms with Crippen molar-refractivity contribution in [1.82, 2.24) is 0 Å². The fourth-order valence-corrected chi connectivity index (χ4v) is 1.15. The predicted octanol–water partition coefficient (Wildman–Crippen LogP) is 1.40. The van der Waals surface area contributed by atoms with Crippen LogP contribution in [0.3, 0.4) is 0 Å². The molecule has 1 rings (SSSR count). The van der Waals surface area contributed by atoms with Gasteiger partial charge in [0.15, 0.2) is 0 Å². The molecule has 0 heterocycles. The molecular formula is C6HF2N3O7. The van der Waals surface area contributed by atoms with Gasteiger partial charge in [-0.05, 0) is 0 Å². The van der Waals surface area contributed by atoms with Gasteiger partial charge in [-0.3, -0.25) is 30.3 Å². The molecule has 0 aliphatic heterocycles. The fourth-order valence-electron chi connectivity index (χ4n) is 1.15. The molecule has 0 unspecified atom stereocenters. The van der Waals surface area contributed by atoms with Gasteiger partial charge in [-0.15, -0.1) is 0 Å². The van der Waals surface area contributed by atoms with Gasteiger partial charge in [0.2, 0.25) is 17.4 Å². The number of halogens is 2. The number of phenols is 1. The standard InChI is InChI=1S/C6HF2N3O7/c7-1-2(8)6(12)5(11(17)18)4(10(15)16)3(1)9(13)14/h12H. The molecule has 10 nitrogen and oxygen atoms in total. The Morgan fingerprint density at radius 2 is 1.17 bits per heavy atom. The highest BCUT2D eigenvalue weighted by Crippen LogP contribution is 2.46. The van der Waals surface area contributed by atoms with Crippen molar-refractivity contribution in [3.8, 4) is 5.75 Å². The summed E-state index contributed by atoms with van der Waals surface area (Å²) in [5, 5.41) is 40.2. The Kier molecular flexibility index (Phi) is 3.03. The van der Waals surface area contributed by atoms with E-state index < -0.39 is 49.2 Å². The number of benzene rings is 1. The van der Waals surface area contributed by atoms with E-state index in [4.69, 9.17) is 5.11 Å². The summed E-state index contributed by atoms with van der Waals surface area (Å²) < 4.78 is 26.0. The molecule has 0 amide bonds. The van der Waals surface area contributed by atoms with Crippen molar-refractivity contribution in [3.63, 3.8) is 0 Å². The van der Waals surface area contributed by atoms with Gasteiger partial charge >= 0.3 is 17.1 Å². The maximum absolute atomic E-state index is 13.1. The van der Waals surface area contributed by atoms with Crippen molar-refractivity contribution in [1.29, 1.82) is 0 Å². The Bertz CT molecular complexity index is 546. The lowest BCUT2D eigenvalue weighted by atomic mass is 10.2. The fraction of sp³-hybridized carbons (Fsp3) is 0. The number of rotatable bonds is 3. The molecule has 0 fully saturated rings. The third-order valence-electron chi connectivity index (χ3n) is 1.83. The van der Waals surface area contributed by atoms with E-state index in [9.17, 15) is 39.1 Å². The Labute approximate surface area is 94.5 Å². The number of phenolic OH excluding ortho intramolecular Hbond substituents is 1. The highest BCUT2D eigenvalue weighted by atomic mass is 19.2. The van der Waals surface area contributed by atoms with Gasteiger partial charge in [0.05, 0.1) is 14.8 Å². The minimum Gasteiger partial charge on any atom is -0.500 e. The number of nitrogens with zero attached hydrogens (tertiary/aromatic N) is 3. The summed E-state index contributed by atoms with van der Waals surface area (Å²) >= 11 is 0. The highest BCUT2D eigenvalue weighted by Gasteiger charge is 2.46. The Balaban J connectivity index is 3.99. The van der Waals surface area contributed by atoms with Crippen LogP contribution in [0.4, 0.5) is 25.8 Å². The quantitative estimate of drug-likeness (QED) is 0.640. The van der Waals surface area contributed by atoms with Gasteiger partial charge in [-0.1, -0.05) is 0 Å². The minimum atomic E-state index is -2.35. The van der Waals surface area contributed by atoms with Crippen LogP contribution in [0.25, 0.3) is 0 Å². The average molecular weight is 265 g/mol. The topological polar surface area (TPSA) is 150 Å². The molecule has 18 heavy (non-hydrogen) atoms. The number of hydrogen-bond acceptors (Lipinski definition) is 7. The Hall–Kier alpha value is -2.92. The minimum absolute atomic E-state index is 1.62. The first-order valence-electron chi connectivity index (χ1n) is 3.87. The van der Waals surface area contributed by atoms with Crippen molar-refractivity contribution in [2.24, 2.45) is 0 Å². The summed E-state index contributed by atoms with van der Waals surface area (Å²) in [6, 6.07) is 0. The molecule has 1 aromatic carbocycles. The Morgan fingerprint density at radius 3 is 1.50 bits per heavy atom. The smallest absolute Gasteiger partial charge is 0.429 e. The largest absolute Gasteiger partial charge is 0.500 e. The van der Waals surface area contributed by atoms with E-state index in [0.717, 1.165) is 0 Å². The molecule has 0 saturated carbocycles. The maximum atomic E-state index is 13.1. The number of nitro groups is 3. The number of hydrogen-bond donors (Lipinski definition) is 1. The van der Waals surface area contributed by atoms with Gasteiger partial charge in [0.25, 0.3) is 0 Å². The molecule has 0 aliphatic rings. The summed E-state index contributed by atoms with van der Waals surface area (Å²) in [7, 11) is 0. The van der Waals surface area contributed by atoms with Crippen LogP contribution in [0.5, 0.6) is 5.75 Å². The molecule has 12 heteroatoms. The molecule has 0 spiro atoms. The molecular weight excluding hydrogens is 264 g/mol. The van der Waals surface area contributed by atoms with Crippen LogP contribution in [-0.2, 0) is 0 Å². The van der Waals surface area contributed by atoms with E-state index in [2.05, 4.69) is 0 Å². The molecule has 1 N–H and O–H groups in total. The predicted molar refractivity (Wildman–Crippen MR) is 48.0 cm³/mol. The van der Waals surface area contributed by atoms with Crippen molar-refractivity contribution >= 4 is 17.1 Å². The second kappa shape index (κ2) is 4.15. The molecule has 0 bridgehead atoms. The first kappa shape index (κ1) is 13.1. The molecule has 1 aromatic rings. The third-order valence-corrected chi connectivity index (χ3v) is 1.83. The van der Waals surface area contributed by atoms with Gasteiger partial charge in [0.1, 0.15) is 0 Å². The van der Waals surface area contributed by atoms with Crippen LogP contribution in [0.2, 0.25) is 0 Å². The zero-order valence-electron chi connectivity index (χ0n) is 7.99. The molecule has 0 radical (unpaired) electrons. The lowest BCUT2D eigenvalue weighted by Crippen LogP contribution is -2.06. The van der Waals surface area contributed by atoms with Gasteiger partial charge in [0, 0.05) is 0 Å². The SMILES string of the molecule is O=[N+]([O-])c1c(O)c(F)c(F)c([N+](=O)[O-])c1[N+](=O)[O-]. The van der Waals surface area contributed by atoms with Crippen LogP contribution in [0.15, 0.2) is 0 Å². The van der Waals surface area contributed by atoms with Crippen LogP contribution in [-0.4, -0.2) is 19.9 Å². The van der Waals surface area contributed by atoms with Crippen molar-refractivity contribution in [3.05, 3.63) is 42.0 Å².